The third-order valence-electron chi connectivity index (χ3n) is 4.06. The van der Waals surface area contributed by atoms with Gasteiger partial charge in [0.15, 0.2) is 0 Å². The van der Waals surface area contributed by atoms with E-state index in [1.165, 1.54) is 22.5 Å². The van der Waals surface area contributed by atoms with E-state index in [1.54, 1.807) is 0 Å². The lowest BCUT2D eigenvalue weighted by molar-refractivity contribution is 0.230. The number of hydrogen-bond acceptors (Lipinski definition) is 6. The molecule has 1 aromatic carbocycles. The predicted octanol–water partition coefficient (Wildman–Crippen LogP) is 1.70. The van der Waals surface area contributed by atoms with Crippen molar-refractivity contribution in [1.82, 2.24) is 20.4 Å². The van der Waals surface area contributed by atoms with Gasteiger partial charge in [0.05, 0.1) is 0 Å². The van der Waals surface area contributed by atoms with E-state index in [0.29, 0.717) is 11.2 Å². The molecular weight excluding hydrogens is 294 g/mol. The normalized spacial score (nSPS) is 16.4. The molecule has 3 rings (SSSR count). The van der Waals surface area contributed by atoms with Crippen LogP contribution in [0.2, 0.25) is 0 Å². The molecule has 0 amide bonds. The van der Waals surface area contributed by atoms with Crippen molar-refractivity contribution in [2.45, 2.75) is 32.4 Å². The molecule has 0 spiro atoms. The van der Waals surface area contributed by atoms with Crippen LogP contribution in [0.1, 0.15) is 23.1 Å². The minimum atomic E-state index is 0.468. The zero-order valence-electron chi connectivity index (χ0n) is 13.0. The number of benzene rings is 1. The third kappa shape index (κ3) is 4.03. The van der Waals surface area contributed by atoms with Crippen LogP contribution in [0, 0.1) is 0 Å². The molecule has 1 aliphatic heterocycles. The van der Waals surface area contributed by atoms with Gasteiger partial charge in [0.25, 0.3) is 0 Å². The summed E-state index contributed by atoms with van der Waals surface area (Å²) in [7, 11) is 0. The van der Waals surface area contributed by atoms with E-state index in [-0.39, 0.29) is 0 Å². The zero-order valence-corrected chi connectivity index (χ0v) is 13.8. The van der Waals surface area contributed by atoms with E-state index in [2.05, 4.69) is 51.6 Å². The lowest BCUT2D eigenvalue weighted by atomic mass is 10.00. The number of fused-ring (bicyclic) bond motifs is 1. The average molecular weight is 317 g/mol. The van der Waals surface area contributed by atoms with E-state index in [9.17, 15) is 0 Å². The fourth-order valence-corrected chi connectivity index (χ4v) is 3.56. The second-order valence-corrected chi connectivity index (χ2v) is 6.99. The summed E-state index contributed by atoms with van der Waals surface area (Å²) in [5, 5.41) is 13.0. The maximum absolute atomic E-state index is 5.59. The van der Waals surface area contributed by atoms with Gasteiger partial charge in [0.2, 0.25) is 5.13 Å². The lowest BCUT2D eigenvalue weighted by Crippen LogP contribution is -2.42. The van der Waals surface area contributed by atoms with Gasteiger partial charge in [0.1, 0.15) is 5.01 Å². The summed E-state index contributed by atoms with van der Waals surface area (Å²) in [4.78, 5) is 2.53. The smallest absolute Gasteiger partial charge is 0.203 e. The molecule has 1 aromatic heterocycles. The van der Waals surface area contributed by atoms with Crippen LogP contribution >= 0.6 is 11.3 Å². The third-order valence-corrected chi connectivity index (χ3v) is 4.87. The van der Waals surface area contributed by atoms with Crippen LogP contribution in [0.5, 0.6) is 0 Å². The predicted molar refractivity (Wildman–Crippen MR) is 90.9 cm³/mol. The summed E-state index contributed by atoms with van der Waals surface area (Å²) in [5.74, 6) is 0. The van der Waals surface area contributed by atoms with Crippen molar-refractivity contribution in [3.63, 3.8) is 0 Å². The van der Waals surface area contributed by atoms with Gasteiger partial charge in [-0.15, -0.1) is 10.2 Å². The maximum atomic E-state index is 5.59. The first-order valence-corrected chi connectivity index (χ1v) is 8.63. The van der Waals surface area contributed by atoms with Gasteiger partial charge in [-0.1, -0.05) is 35.6 Å². The van der Waals surface area contributed by atoms with E-state index < -0.39 is 0 Å². The van der Waals surface area contributed by atoms with E-state index in [0.717, 1.165) is 44.0 Å². The molecule has 0 bridgehead atoms. The molecule has 0 aliphatic carbocycles. The Morgan fingerprint density at radius 3 is 2.91 bits per heavy atom. The highest BCUT2D eigenvalue weighted by Gasteiger charge is 2.17. The van der Waals surface area contributed by atoms with Gasteiger partial charge < -0.3 is 11.1 Å². The second kappa shape index (κ2) is 7.17. The molecule has 118 valence electrons. The number of rotatable bonds is 6. The van der Waals surface area contributed by atoms with Crippen LogP contribution < -0.4 is 11.1 Å². The molecule has 0 saturated carbocycles. The minimum Gasteiger partial charge on any atom is -0.374 e. The summed E-state index contributed by atoms with van der Waals surface area (Å²) in [6.45, 7) is 6.45. The van der Waals surface area contributed by atoms with Gasteiger partial charge in [-0.25, -0.2) is 0 Å². The highest BCUT2D eigenvalue weighted by molar-refractivity contribution is 7.15. The Morgan fingerprint density at radius 1 is 1.32 bits per heavy atom. The fraction of sp³-hybridized carbons (Fsp3) is 0.500. The minimum absolute atomic E-state index is 0.468. The molecule has 5 nitrogen and oxygen atoms in total. The average Bonchev–Trinajstić information content (AvgIpc) is 2.92. The molecule has 3 N–H and O–H groups in total. The number of hydrogen-bond donors (Lipinski definition) is 2. The fourth-order valence-electron chi connectivity index (χ4n) is 2.95. The topological polar surface area (TPSA) is 67.1 Å². The Hall–Kier alpha value is -1.50. The number of nitrogens with two attached hydrogens (primary N) is 1. The Morgan fingerprint density at radius 2 is 2.14 bits per heavy atom. The van der Waals surface area contributed by atoms with Crippen LogP contribution in [-0.2, 0) is 19.4 Å². The van der Waals surface area contributed by atoms with Crippen LogP contribution in [0.3, 0.4) is 0 Å². The molecule has 22 heavy (non-hydrogen) atoms. The van der Waals surface area contributed by atoms with Crippen molar-refractivity contribution in [3.8, 4) is 0 Å². The molecule has 1 atom stereocenters. The van der Waals surface area contributed by atoms with Crippen molar-refractivity contribution in [2.24, 2.45) is 0 Å². The number of aromatic nitrogens is 2. The van der Waals surface area contributed by atoms with Crippen molar-refractivity contribution < 1.29 is 0 Å². The van der Waals surface area contributed by atoms with Crippen LogP contribution in [0.15, 0.2) is 24.3 Å². The van der Waals surface area contributed by atoms with Gasteiger partial charge >= 0.3 is 0 Å². The van der Waals surface area contributed by atoms with E-state index in [1.807, 2.05) is 0 Å². The Bertz CT molecular complexity index is 612. The van der Waals surface area contributed by atoms with Crippen molar-refractivity contribution in [1.29, 1.82) is 0 Å². The van der Waals surface area contributed by atoms with E-state index in [4.69, 9.17) is 5.73 Å². The number of nitrogen functional groups attached to an aromatic ring is 1. The van der Waals surface area contributed by atoms with Crippen LogP contribution in [0.25, 0.3) is 0 Å². The number of nitrogens with zero attached hydrogens (tertiary/aromatic N) is 3. The Labute approximate surface area is 135 Å². The highest BCUT2D eigenvalue weighted by atomic mass is 32.1. The quantitative estimate of drug-likeness (QED) is 0.849. The molecule has 0 saturated heterocycles. The monoisotopic (exact) mass is 317 g/mol. The summed E-state index contributed by atoms with van der Waals surface area (Å²) in [6, 6.07) is 9.24. The first-order chi connectivity index (χ1) is 10.7. The highest BCUT2D eigenvalue weighted by Crippen LogP contribution is 2.18. The number of nitrogens with one attached hydrogen (secondary N) is 1. The summed E-state index contributed by atoms with van der Waals surface area (Å²) < 4.78 is 0. The van der Waals surface area contributed by atoms with Crippen molar-refractivity contribution in [2.75, 3.05) is 25.4 Å². The molecule has 0 unspecified atom stereocenters. The molecule has 0 fully saturated rings. The lowest BCUT2D eigenvalue weighted by Gasteiger charge is -2.31. The molecule has 2 heterocycles. The van der Waals surface area contributed by atoms with Gasteiger partial charge in [-0.05, 0) is 24.5 Å². The Balaban J connectivity index is 1.42. The standard InChI is InChI=1S/C16H23N5S/c1-12(18-8-6-15-19-20-16(17)22-15)10-21-9-7-13-4-2-3-5-14(13)11-21/h2-5,12,18H,6-11H2,1H3,(H2,17,20)/t12-/m1/s1. The van der Waals surface area contributed by atoms with Gasteiger partial charge in [-0.2, -0.15) is 0 Å². The largest absolute Gasteiger partial charge is 0.374 e. The van der Waals surface area contributed by atoms with Crippen molar-refractivity contribution >= 4 is 16.5 Å². The molecule has 2 aromatic rings. The van der Waals surface area contributed by atoms with Gasteiger partial charge in [-0.3, -0.25) is 4.90 Å². The van der Waals surface area contributed by atoms with Crippen LogP contribution in [-0.4, -0.2) is 40.8 Å². The summed E-state index contributed by atoms with van der Waals surface area (Å²) in [6.07, 6.45) is 2.05. The molecule has 6 heteroatoms. The maximum Gasteiger partial charge on any atom is 0.203 e. The Kier molecular flexibility index (Phi) is 5.02. The van der Waals surface area contributed by atoms with Gasteiger partial charge in [0, 0.05) is 38.6 Å². The molecular formula is C16H23N5S. The molecule has 1 aliphatic rings. The zero-order chi connectivity index (χ0) is 15.4. The SMILES string of the molecule is C[C@H](CN1CCc2ccccc2C1)NCCc1nnc(N)s1. The number of anilines is 1. The van der Waals surface area contributed by atoms with E-state index >= 15 is 0 Å². The molecule has 0 radical (unpaired) electrons. The second-order valence-electron chi connectivity index (χ2n) is 5.89. The van der Waals surface area contributed by atoms with Crippen molar-refractivity contribution in [3.05, 3.63) is 40.4 Å². The summed E-state index contributed by atoms with van der Waals surface area (Å²) in [5.41, 5.74) is 8.58. The first-order valence-electron chi connectivity index (χ1n) is 7.81. The first kappa shape index (κ1) is 15.4. The summed E-state index contributed by atoms with van der Waals surface area (Å²) >= 11 is 1.47. The van der Waals surface area contributed by atoms with Crippen LogP contribution in [0.4, 0.5) is 5.13 Å².